The maximum absolute atomic E-state index is 9.30. The second kappa shape index (κ2) is 9.25. The number of pyridine rings is 2. The normalized spacial score (nSPS) is 20.5. The summed E-state index contributed by atoms with van der Waals surface area (Å²) >= 11 is 1.81. The summed E-state index contributed by atoms with van der Waals surface area (Å²) in [6.45, 7) is 0.929. The zero-order chi connectivity index (χ0) is 21.9. The Labute approximate surface area is 192 Å². The molecule has 0 aromatic carbocycles. The Bertz CT molecular complexity index is 1130. The number of hydrogen-bond donors (Lipinski definition) is 1. The first-order valence-corrected chi connectivity index (χ1v) is 12.2. The molecular formula is C25H27N5OS. The molecule has 0 aliphatic heterocycles. The topological polar surface area (TPSA) is 83.7 Å². The Kier molecular flexibility index (Phi) is 6.04. The van der Waals surface area contributed by atoms with Crippen LogP contribution >= 0.6 is 11.3 Å². The van der Waals surface area contributed by atoms with E-state index in [9.17, 15) is 5.26 Å². The summed E-state index contributed by atoms with van der Waals surface area (Å²) in [7, 11) is 1.57. The van der Waals surface area contributed by atoms with Crippen LogP contribution in [0.25, 0.3) is 10.4 Å². The van der Waals surface area contributed by atoms with E-state index in [0.717, 1.165) is 43.7 Å². The fraction of sp³-hybridized carbons (Fsp3) is 0.440. The minimum Gasteiger partial charge on any atom is -0.494 e. The van der Waals surface area contributed by atoms with Crippen LogP contribution in [-0.2, 0) is 0 Å². The molecule has 32 heavy (non-hydrogen) atoms. The van der Waals surface area contributed by atoms with Gasteiger partial charge in [-0.15, -0.1) is 11.3 Å². The lowest BCUT2D eigenvalue weighted by Gasteiger charge is -2.28. The monoisotopic (exact) mass is 445 g/mol. The summed E-state index contributed by atoms with van der Waals surface area (Å²) in [4.78, 5) is 14.9. The van der Waals surface area contributed by atoms with E-state index in [1.54, 1.807) is 7.11 Å². The molecule has 0 bridgehead atoms. The van der Waals surface area contributed by atoms with Gasteiger partial charge in [-0.05, 0) is 74.3 Å². The molecule has 1 N–H and O–H groups in total. The van der Waals surface area contributed by atoms with Crippen molar-refractivity contribution in [3.63, 3.8) is 0 Å². The first kappa shape index (κ1) is 20.9. The summed E-state index contributed by atoms with van der Waals surface area (Å²) in [5.74, 6) is 3.21. The predicted molar refractivity (Wildman–Crippen MR) is 126 cm³/mol. The molecule has 7 heteroatoms. The SMILES string of the molecule is COc1ccc([C@H]2CC[C@H](CNc3cc(-c4cnc(C5CC5)s4)ccn3)CC2)nc1C#N. The first-order chi connectivity index (χ1) is 15.7. The number of methoxy groups -OCH3 is 1. The van der Waals surface area contributed by atoms with Crippen LogP contribution in [0.1, 0.15) is 66.8 Å². The zero-order valence-corrected chi connectivity index (χ0v) is 19.1. The molecule has 0 amide bonds. The Morgan fingerprint density at radius 1 is 1.09 bits per heavy atom. The summed E-state index contributed by atoms with van der Waals surface area (Å²) in [6, 6.07) is 10.2. The van der Waals surface area contributed by atoms with Crippen molar-refractivity contribution in [2.24, 2.45) is 5.92 Å². The van der Waals surface area contributed by atoms with Crippen molar-refractivity contribution in [2.45, 2.75) is 50.4 Å². The van der Waals surface area contributed by atoms with Gasteiger partial charge in [0.2, 0.25) is 0 Å². The highest BCUT2D eigenvalue weighted by Crippen LogP contribution is 2.43. The molecule has 5 rings (SSSR count). The van der Waals surface area contributed by atoms with E-state index in [0.29, 0.717) is 29.2 Å². The number of nitrogens with zero attached hydrogens (tertiary/aromatic N) is 4. The molecule has 0 unspecified atom stereocenters. The average Bonchev–Trinajstić information content (AvgIpc) is 3.59. The lowest BCUT2D eigenvalue weighted by Crippen LogP contribution is -2.21. The molecule has 164 valence electrons. The van der Waals surface area contributed by atoms with Gasteiger partial charge in [0, 0.05) is 36.5 Å². The highest BCUT2D eigenvalue weighted by Gasteiger charge is 2.27. The first-order valence-electron chi connectivity index (χ1n) is 11.3. The minimum atomic E-state index is 0.380. The van der Waals surface area contributed by atoms with Gasteiger partial charge in [0.25, 0.3) is 0 Å². The van der Waals surface area contributed by atoms with E-state index in [-0.39, 0.29) is 0 Å². The largest absolute Gasteiger partial charge is 0.494 e. The van der Waals surface area contributed by atoms with Crippen LogP contribution in [0.4, 0.5) is 5.82 Å². The Morgan fingerprint density at radius 2 is 1.91 bits per heavy atom. The van der Waals surface area contributed by atoms with Crippen LogP contribution in [0.3, 0.4) is 0 Å². The summed E-state index contributed by atoms with van der Waals surface area (Å²) in [5.41, 5.74) is 2.58. The molecule has 3 aromatic rings. The average molecular weight is 446 g/mol. The van der Waals surface area contributed by atoms with Crippen LogP contribution in [0, 0.1) is 17.2 Å². The van der Waals surface area contributed by atoms with Gasteiger partial charge in [-0.3, -0.25) is 0 Å². The van der Waals surface area contributed by atoms with Crippen molar-refractivity contribution in [3.8, 4) is 22.3 Å². The smallest absolute Gasteiger partial charge is 0.182 e. The second-order valence-corrected chi connectivity index (χ2v) is 9.83. The predicted octanol–water partition coefficient (Wildman–Crippen LogP) is 5.74. The molecule has 2 fully saturated rings. The van der Waals surface area contributed by atoms with Gasteiger partial charge >= 0.3 is 0 Å². The molecule has 3 aromatic heterocycles. The number of thiazole rings is 1. The van der Waals surface area contributed by atoms with Crippen molar-refractivity contribution in [2.75, 3.05) is 19.0 Å². The molecule has 0 spiro atoms. The van der Waals surface area contributed by atoms with Crippen LogP contribution in [0.5, 0.6) is 5.75 Å². The summed E-state index contributed by atoms with van der Waals surface area (Å²) in [5, 5.41) is 14.1. The van der Waals surface area contributed by atoms with Crippen LogP contribution in [-0.4, -0.2) is 28.6 Å². The quantitative estimate of drug-likeness (QED) is 0.499. The number of nitriles is 1. The van der Waals surface area contributed by atoms with Crippen LogP contribution < -0.4 is 10.1 Å². The number of ether oxygens (including phenoxy) is 1. The maximum Gasteiger partial charge on any atom is 0.182 e. The van der Waals surface area contributed by atoms with Crippen molar-refractivity contribution in [1.29, 1.82) is 5.26 Å². The Hall–Kier alpha value is -2.98. The van der Waals surface area contributed by atoms with Crippen LogP contribution in [0.2, 0.25) is 0 Å². The molecule has 2 aliphatic rings. The molecule has 2 saturated carbocycles. The molecular weight excluding hydrogens is 418 g/mol. The molecule has 0 radical (unpaired) electrons. The van der Waals surface area contributed by atoms with Gasteiger partial charge in [-0.25, -0.2) is 15.0 Å². The third-order valence-electron chi connectivity index (χ3n) is 6.54. The minimum absolute atomic E-state index is 0.380. The fourth-order valence-corrected chi connectivity index (χ4v) is 5.55. The van der Waals surface area contributed by atoms with E-state index in [4.69, 9.17) is 4.74 Å². The maximum atomic E-state index is 9.30. The lowest BCUT2D eigenvalue weighted by molar-refractivity contribution is 0.334. The highest BCUT2D eigenvalue weighted by atomic mass is 32.1. The molecule has 6 nitrogen and oxygen atoms in total. The van der Waals surface area contributed by atoms with Gasteiger partial charge < -0.3 is 10.1 Å². The van der Waals surface area contributed by atoms with Crippen molar-refractivity contribution in [1.82, 2.24) is 15.0 Å². The lowest BCUT2D eigenvalue weighted by atomic mass is 9.80. The van der Waals surface area contributed by atoms with Gasteiger partial charge in [-0.2, -0.15) is 5.26 Å². The Morgan fingerprint density at radius 3 is 2.66 bits per heavy atom. The zero-order valence-electron chi connectivity index (χ0n) is 18.3. The van der Waals surface area contributed by atoms with Gasteiger partial charge in [0.05, 0.1) is 17.0 Å². The van der Waals surface area contributed by atoms with E-state index in [2.05, 4.69) is 38.5 Å². The number of aromatic nitrogens is 3. The standard InChI is InChI=1S/C25H27N5OS/c1-31-22-9-8-20(30-21(22)13-26)17-4-2-16(3-5-17)14-28-24-12-19(10-11-27-24)23-15-29-25(32-23)18-6-7-18/h8-12,15-18H,2-7,14H2,1H3,(H,27,28)/t16-,17-. The van der Waals surface area contributed by atoms with Gasteiger partial charge in [0.15, 0.2) is 11.4 Å². The summed E-state index contributed by atoms with van der Waals surface area (Å²) < 4.78 is 5.22. The number of anilines is 1. The number of nitrogens with one attached hydrogen (secondary N) is 1. The van der Waals surface area contributed by atoms with E-state index in [1.165, 1.54) is 28.3 Å². The van der Waals surface area contributed by atoms with Crippen molar-refractivity contribution < 1.29 is 4.74 Å². The molecule has 3 heterocycles. The fourth-order valence-electron chi connectivity index (χ4n) is 4.47. The van der Waals surface area contributed by atoms with Crippen molar-refractivity contribution in [3.05, 3.63) is 53.1 Å². The second-order valence-electron chi connectivity index (χ2n) is 8.76. The Balaban J connectivity index is 1.15. The molecule has 0 atom stereocenters. The van der Waals surface area contributed by atoms with Crippen molar-refractivity contribution >= 4 is 17.2 Å². The van der Waals surface area contributed by atoms with Gasteiger partial charge in [0.1, 0.15) is 11.9 Å². The number of rotatable bonds is 7. The van der Waals surface area contributed by atoms with Crippen LogP contribution in [0.15, 0.2) is 36.7 Å². The van der Waals surface area contributed by atoms with E-state index >= 15 is 0 Å². The molecule has 2 aliphatic carbocycles. The van der Waals surface area contributed by atoms with E-state index < -0.39 is 0 Å². The number of hydrogen-bond acceptors (Lipinski definition) is 7. The van der Waals surface area contributed by atoms with Gasteiger partial charge in [-0.1, -0.05) is 0 Å². The highest BCUT2D eigenvalue weighted by molar-refractivity contribution is 7.15. The third kappa shape index (κ3) is 4.61. The summed E-state index contributed by atoms with van der Waals surface area (Å²) in [6.07, 6.45) is 10.9. The third-order valence-corrected chi connectivity index (χ3v) is 7.75. The van der Waals surface area contributed by atoms with E-state index in [1.807, 2.05) is 35.9 Å². The molecule has 0 saturated heterocycles.